The fraction of sp³-hybridized carbons (Fsp3) is 0.917. The molecule has 92 valence electrons. The van der Waals surface area contributed by atoms with Crippen LogP contribution in [-0.4, -0.2) is 54.5 Å². The molecule has 4 nitrogen and oxygen atoms in total. The maximum Gasteiger partial charge on any atom is 0.236 e. The van der Waals surface area contributed by atoms with E-state index < -0.39 is 0 Å². The van der Waals surface area contributed by atoms with Crippen molar-refractivity contribution in [1.29, 1.82) is 0 Å². The van der Waals surface area contributed by atoms with Crippen LogP contribution in [0.5, 0.6) is 0 Å². The molecule has 2 fully saturated rings. The van der Waals surface area contributed by atoms with E-state index in [1.807, 2.05) is 4.90 Å². The van der Waals surface area contributed by atoms with Gasteiger partial charge in [0.05, 0.1) is 6.54 Å². The molecule has 4 heteroatoms. The van der Waals surface area contributed by atoms with Crippen molar-refractivity contribution in [3.8, 4) is 0 Å². The standard InChI is InChI=1S/C12H23N3O/c1-2-15(11-3-4-11)12(16)9-14-6-5-10(7-13)8-14/h10-11H,2-9,13H2,1H3. The van der Waals surface area contributed by atoms with Gasteiger partial charge >= 0.3 is 0 Å². The number of likely N-dealkylation sites (tertiary alicyclic amines) is 1. The molecule has 0 aromatic heterocycles. The Labute approximate surface area is 97.8 Å². The molecule has 1 saturated carbocycles. The Hall–Kier alpha value is -0.610. The van der Waals surface area contributed by atoms with Crippen molar-refractivity contribution in [2.45, 2.75) is 32.2 Å². The predicted octanol–water partition coefficient (Wildman–Crippen LogP) is 0.278. The zero-order valence-corrected chi connectivity index (χ0v) is 10.2. The Balaban J connectivity index is 1.78. The highest BCUT2D eigenvalue weighted by Crippen LogP contribution is 2.27. The van der Waals surface area contributed by atoms with Gasteiger partial charge in [0, 0.05) is 19.1 Å². The van der Waals surface area contributed by atoms with Crippen LogP contribution in [0.1, 0.15) is 26.2 Å². The molecular formula is C12H23N3O. The molecular weight excluding hydrogens is 202 g/mol. The van der Waals surface area contributed by atoms with Crippen molar-refractivity contribution < 1.29 is 4.79 Å². The lowest BCUT2D eigenvalue weighted by Gasteiger charge is -2.24. The topological polar surface area (TPSA) is 49.6 Å². The maximum atomic E-state index is 12.1. The average Bonchev–Trinajstić information content (AvgIpc) is 2.99. The van der Waals surface area contributed by atoms with Crippen LogP contribution in [0.2, 0.25) is 0 Å². The van der Waals surface area contributed by atoms with Gasteiger partial charge in [0.1, 0.15) is 0 Å². The van der Waals surface area contributed by atoms with Crippen LogP contribution in [-0.2, 0) is 4.79 Å². The first-order chi connectivity index (χ1) is 7.74. The fourth-order valence-electron chi connectivity index (χ4n) is 2.56. The van der Waals surface area contributed by atoms with Crippen molar-refractivity contribution in [2.24, 2.45) is 11.7 Å². The molecule has 1 unspecified atom stereocenters. The molecule has 0 radical (unpaired) electrons. The molecule has 2 aliphatic rings. The van der Waals surface area contributed by atoms with Gasteiger partial charge in [0.15, 0.2) is 0 Å². The van der Waals surface area contributed by atoms with E-state index in [1.54, 1.807) is 0 Å². The lowest BCUT2D eigenvalue weighted by atomic mass is 10.1. The lowest BCUT2D eigenvalue weighted by molar-refractivity contribution is -0.132. The highest BCUT2D eigenvalue weighted by molar-refractivity contribution is 5.79. The highest BCUT2D eigenvalue weighted by Gasteiger charge is 2.32. The van der Waals surface area contributed by atoms with Crippen molar-refractivity contribution in [3.63, 3.8) is 0 Å². The number of carbonyl (C=O) groups excluding carboxylic acids is 1. The number of nitrogens with zero attached hydrogens (tertiary/aromatic N) is 2. The summed E-state index contributed by atoms with van der Waals surface area (Å²) in [5.41, 5.74) is 5.65. The highest BCUT2D eigenvalue weighted by atomic mass is 16.2. The molecule has 0 spiro atoms. The Morgan fingerprint density at radius 2 is 2.19 bits per heavy atom. The summed E-state index contributed by atoms with van der Waals surface area (Å²) < 4.78 is 0. The van der Waals surface area contributed by atoms with Gasteiger partial charge in [0.25, 0.3) is 0 Å². The van der Waals surface area contributed by atoms with E-state index in [0.29, 0.717) is 24.4 Å². The fourth-order valence-corrected chi connectivity index (χ4v) is 2.56. The third kappa shape index (κ3) is 2.74. The second kappa shape index (κ2) is 5.15. The minimum absolute atomic E-state index is 0.308. The molecule has 1 atom stereocenters. The molecule has 1 saturated heterocycles. The van der Waals surface area contributed by atoms with Gasteiger partial charge in [0.2, 0.25) is 5.91 Å². The Kier molecular flexibility index (Phi) is 3.82. The van der Waals surface area contributed by atoms with Gasteiger partial charge in [-0.15, -0.1) is 0 Å². The van der Waals surface area contributed by atoms with E-state index in [2.05, 4.69) is 11.8 Å². The summed E-state index contributed by atoms with van der Waals surface area (Å²) in [5.74, 6) is 0.909. The third-order valence-electron chi connectivity index (χ3n) is 3.71. The summed E-state index contributed by atoms with van der Waals surface area (Å²) in [6.07, 6.45) is 3.55. The van der Waals surface area contributed by atoms with Crippen LogP contribution >= 0.6 is 0 Å². The average molecular weight is 225 g/mol. The molecule has 1 amide bonds. The van der Waals surface area contributed by atoms with E-state index in [-0.39, 0.29) is 0 Å². The number of hydrogen-bond acceptors (Lipinski definition) is 3. The molecule has 2 N–H and O–H groups in total. The number of rotatable bonds is 5. The van der Waals surface area contributed by atoms with Gasteiger partial charge in [-0.2, -0.15) is 0 Å². The van der Waals surface area contributed by atoms with Crippen LogP contribution in [0, 0.1) is 5.92 Å². The van der Waals surface area contributed by atoms with E-state index in [1.165, 1.54) is 12.8 Å². The number of nitrogens with two attached hydrogens (primary N) is 1. The summed E-state index contributed by atoms with van der Waals surface area (Å²) in [6, 6.07) is 0.547. The normalized spacial score (nSPS) is 26.0. The minimum atomic E-state index is 0.308. The van der Waals surface area contributed by atoms with Crippen molar-refractivity contribution >= 4 is 5.91 Å². The molecule has 2 rings (SSSR count). The maximum absolute atomic E-state index is 12.1. The van der Waals surface area contributed by atoms with E-state index in [4.69, 9.17) is 5.73 Å². The molecule has 1 aliphatic heterocycles. The SMILES string of the molecule is CCN(C(=O)CN1CCC(CN)C1)C1CC1. The van der Waals surface area contributed by atoms with Crippen LogP contribution in [0.25, 0.3) is 0 Å². The summed E-state index contributed by atoms with van der Waals surface area (Å²) in [4.78, 5) is 16.4. The molecule has 0 bridgehead atoms. The first kappa shape index (κ1) is 11.9. The smallest absolute Gasteiger partial charge is 0.236 e. The van der Waals surface area contributed by atoms with Crippen molar-refractivity contribution in [1.82, 2.24) is 9.80 Å². The Morgan fingerprint density at radius 1 is 1.44 bits per heavy atom. The number of likely N-dealkylation sites (N-methyl/N-ethyl adjacent to an activating group) is 1. The quantitative estimate of drug-likeness (QED) is 0.731. The monoisotopic (exact) mass is 225 g/mol. The van der Waals surface area contributed by atoms with Crippen molar-refractivity contribution in [2.75, 3.05) is 32.7 Å². The van der Waals surface area contributed by atoms with Crippen LogP contribution in [0.15, 0.2) is 0 Å². The van der Waals surface area contributed by atoms with E-state index in [0.717, 1.165) is 32.6 Å². The molecule has 0 aromatic carbocycles. The third-order valence-corrected chi connectivity index (χ3v) is 3.71. The first-order valence-electron chi connectivity index (χ1n) is 6.46. The Bertz CT molecular complexity index is 253. The van der Waals surface area contributed by atoms with Gasteiger partial charge < -0.3 is 10.6 Å². The lowest BCUT2D eigenvalue weighted by Crippen LogP contribution is -2.40. The van der Waals surface area contributed by atoms with Gasteiger partial charge in [-0.3, -0.25) is 9.69 Å². The zero-order chi connectivity index (χ0) is 11.5. The second-order valence-corrected chi connectivity index (χ2v) is 5.04. The van der Waals surface area contributed by atoms with E-state index in [9.17, 15) is 4.79 Å². The molecule has 1 aliphatic carbocycles. The number of hydrogen-bond donors (Lipinski definition) is 1. The van der Waals surface area contributed by atoms with E-state index >= 15 is 0 Å². The summed E-state index contributed by atoms with van der Waals surface area (Å²) >= 11 is 0. The van der Waals surface area contributed by atoms with Gasteiger partial charge in [-0.05, 0) is 45.2 Å². The number of carbonyl (C=O) groups is 1. The number of amides is 1. The zero-order valence-electron chi connectivity index (χ0n) is 10.2. The van der Waals surface area contributed by atoms with Crippen LogP contribution in [0.3, 0.4) is 0 Å². The van der Waals surface area contributed by atoms with Crippen LogP contribution < -0.4 is 5.73 Å². The molecule has 1 heterocycles. The van der Waals surface area contributed by atoms with Gasteiger partial charge in [-0.1, -0.05) is 0 Å². The van der Waals surface area contributed by atoms with Crippen molar-refractivity contribution in [3.05, 3.63) is 0 Å². The second-order valence-electron chi connectivity index (χ2n) is 5.04. The summed E-state index contributed by atoms with van der Waals surface area (Å²) in [5, 5.41) is 0. The molecule has 0 aromatic rings. The Morgan fingerprint density at radius 3 is 2.69 bits per heavy atom. The van der Waals surface area contributed by atoms with Gasteiger partial charge in [-0.25, -0.2) is 0 Å². The predicted molar refractivity (Wildman–Crippen MR) is 64.0 cm³/mol. The first-order valence-corrected chi connectivity index (χ1v) is 6.46. The largest absolute Gasteiger partial charge is 0.339 e. The van der Waals surface area contributed by atoms with Crippen LogP contribution in [0.4, 0.5) is 0 Å². The summed E-state index contributed by atoms with van der Waals surface area (Å²) in [6.45, 7) is 6.33. The molecule has 16 heavy (non-hydrogen) atoms. The summed E-state index contributed by atoms with van der Waals surface area (Å²) in [7, 11) is 0. The minimum Gasteiger partial charge on any atom is -0.339 e.